The van der Waals surface area contributed by atoms with Gasteiger partial charge < -0.3 is 5.11 Å². The number of nitrogens with zero attached hydrogens (tertiary/aromatic N) is 1. The summed E-state index contributed by atoms with van der Waals surface area (Å²) in [5.41, 5.74) is -0.165. The Morgan fingerprint density at radius 2 is 1.76 bits per heavy atom. The zero-order valence-electron chi connectivity index (χ0n) is 10.4. The molecule has 1 N–H and O–H groups in total. The van der Waals surface area contributed by atoms with Crippen LogP contribution in [0.3, 0.4) is 0 Å². The van der Waals surface area contributed by atoms with Crippen molar-refractivity contribution in [2.24, 2.45) is 5.41 Å². The molecule has 17 heavy (non-hydrogen) atoms. The molecule has 0 atom stereocenters. The standard InChI is InChI=1S/C12H19NO4/c1-12(2,6-5-11(16)17)7-8-13-9(14)3-4-10(13)15/h3-8H2,1-2H3,(H,16,17). The van der Waals surface area contributed by atoms with E-state index in [1.807, 2.05) is 13.8 Å². The van der Waals surface area contributed by atoms with Gasteiger partial charge in [-0.15, -0.1) is 0 Å². The van der Waals surface area contributed by atoms with Gasteiger partial charge in [0, 0.05) is 25.8 Å². The molecule has 0 saturated carbocycles. The highest BCUT2D eigenvalue weighted by Crippen LogP contribution is 2.28. The Bertz CT molecular complexity index is 319. The summed E-state index contributed by atoms with van der Waals surface area (Å²) in [7, 11) is 0. The van der Waals surface area contributed by atoms with Gasteiger partial charge in [-0.3, -0.25) is 19.3 Å². The number of amides is 2. The Balaban J connectivity index is 2.40. The van der Waals surface area contributed by atoms with E-state index in [-0.39, 0.29) is 23.7 Å². The largest absolute Gasteiger partial charge is 0.481 e. The highest BCUT2D eigenvalue weighted by molar-refractivity contribution is 6.01. The maximum absolute atomic E-state index is 11.4. The van der Waals surface area contributed by atoms with E-state index in [0.29, 0.717) is 32.2 Å². The van der Waals surface area contributed by atoms with Crippen LogP contribution in [0, 0.1) is 5.41 Å². The van der Waals surface area contributed by atoms with E-state index in [1.54, 1.807) is 0 Å². The SMILES string of the molecule is CC(C)(CCC(=O)O)CCN1C(=O)CCC1=O. The van der Waals surface area contributed by atoms with Crippen LogP contribution in [0.4, 0.5) is 0 Å². The molecule has 96 valence electrons. The molecule has 0 aromatic rings. The smallest absolute Gasteiger partial charge is 0.303 e. The summed E-state index contributed by atoms with van der Waals surface area (Å²) < 4.78 is 0. The van der Waals surface area contributed by atoms with E-state index in [1.165, 1.54) is 4.90 Å². The summed E-state index contributed by atoms with van der Waals surface area (Å²) in [5, 5.41) is 8.62. The van der Waals surface area contributed by atoms with Crippen molar-refractivity contribution in [1.82, 2.24) is 4.90 Å². The van der Waals surface area contributed by atoms with E-state index in [0.717, 1.165) is 0 Å². The minimum atomic E-state index is -0.814. The van der Waals surface area contributed by atoms with E-state index >= 15 is 0 Å². The first-order valence-corrected chi connectivity index (χ1v) is 5.87. The number of rotatable bonds is 6. The molecule has 0 aromatic heterocycles. The Morgan fingerprint density at radius 1 is 1.24 bits per heavy atom. The molecule has 0 aromatic carbocycles. The molecule has 1 aliphatic rings. The van der Waals surface area contributed by atoms with Gasteiger partial charge in [0.25, 0.3) is 0 Å². The summed E-state index contributed by atoms with van der Waals surface area (Å²) in [4.78, 5) is 34.5. The number of likely N-dealkylation sites (tertiary alicyclic amines) is 1. The quantitative estimate of drug-likeness (QED) is 0.713. The number of imide groups is 1. The molecular weight excluding hydrogens is 222 g/mol. The molecule has 0 aliphatic carbocycles. The van der Waals surface area contributed by atoms with Crippen LogP contribution in [0.1, 0.15) is 46.0 Å². The molecule has 1 aliphatic heterocycles. The fourth-order valence-corrected chi connectivity index (χ4v) is 1.86. The van der Waals surface area contributed by atoms with Gasteiger partial charge in [0.05, 0.1) is 0 Å². The van der Waals surface area contributed by atoms with Crippen LogP contribution in [-0.4, -0.2) is 34.3 Å². The summed E-state index contributed by atoms with van der Waals surface area (Å²) in [6, 6.07) is 0. The molecule has 0 spiro atoms. The molecule has 0 radical (unpaired) electrons. The van der Waals surface area contributed by atoms with E-state index in [9.17, 15) is 14.4 Å². The number of carbonyl (C=O) groups excluding carboxylic acids is 2. The highest BCUT2D eigenvalue weighted by Gasteiger charge is 2.30. The van der Waals surface area contributed by atoms with Gasteiger partial charge in [-0.05, 0) is 18.3 Å². The van der Waals surface area contributed by atoms with Gasteiger partial charge in [0.1, 0.15) is 0 Å². The lowest BCUT2D eigenvalue weighted by atomic mass is 9.84. The first-order valence-electron chi connectivity index (χ1n) is 5.87. The van der Waals surface area contributed by atoms with Crippen LogP contribution in [0.25, 0.3) is 0 Å². The molecular formula is C12H19NO4. The van der Waals surface area contributed by atoms with E-state index < -0.39 is 5.97 Å². The lowest BCUT2D eigenvalue weighted by molar-refractivity contribution is -0.140. The van der Waals surface area contributed by atoms with E-state index in [4.69, 9.17) is 5.11 Å². The van der Waals surface area contributed by atoms with Crippen LogP contribution < -0.4 is 0 Å². The molecule has 0 unspecified atom stereocenters. The lowest BCUT2D eigenvalue weighted by Gasteiger charge is -2.26. The third-order valence-electron chi connectivity index (χ3n) is 3.18. The van der Waals surface area contributed by atoms with Crippen molar-refractivity contribution in [2.75, 3.05) is 6.54 Å². The minimum absolute atomic E-state index is 0.107. The summed E-state index contributed by atoms with van der Waals surface area (Å²) in [6.07, 6.45) is 1.95. The average Bonchev–Trinajstić information content (AvgIpc) is 2.54. The zero-order chi connectivity index (χ0) is 13.1. The second kappa shape index (κ2) is 5.29. The second-order valence-electron chi connectivity index (χ2n) is 5.25. The van der Waals surface area contributed by atoms with Crippen LogP contribution in [0.2, 0.25) is 0 Å². The zero-order valence-corrected chi connectivity index (χ0v) is 10.4. The second-order valence-corrected chi connectivity index (χ2v) is 5.25. The van der Waals surface area contributed by atoms with Crippen LogP contribution in [-0.2, 0) is 14.4 Å². The average molecular weight is 241 g/mol. The molecule has 1 heterocycles. The number of carboxylic acids is 1. The number of aliphatic carboxylic acids is 1. The molecule has 1 fully saturated rings. The van der Waals surface area contributed by atoms with Crippen molar-refractivity contribution in [3.8, 4) is 0 Å². The number of carboxylic acid groups (broad SMARTS) is 1. The number of carbonyl (C=O) groups is 3. The van der Waals surface area contributed by atoms with Crippen molar-refractivity contribution in [2.45, 2.75) is 46.0 Å². The van der Waals surface area contributed by atoms with Gasteiger partial charge in [-0.2, -0.15) is 0 Å². The molecule has 2 amide bonds. The van der Waals surface area contributed by atoms with Crippen LogP contribution in [0.5, 0.6) is 0 Å². The Kier molecular flexibility index (Phi) is 4.26. The fourth-order valence-electron chi connectivity index (χ4n) is 1.86. The third kappa shape index (κ3) is 4.17. The predicted octanol–water partition coefficient (Wildman–Crippen LogP) is 1.42. The number of hydrogen-bond acceptors (Lipinski definition) is 3. The third-order valence-corrected chi connectivity index (χ3v) is 3.18. The summed E-state index contributed by atoms with van der Waals surface area (Å²) in [6.45, 7) is 4.33. The Morgan fingerprint density at radius 3 is 2.24 bits per heavy atom. The molecule has 5 nitrogen and oxygen atoms in total. The topological polar surface area (TPSA) is 74.7 Å². The number of hydrogen-bond donors (Lipinski definition) is 1. The maximum Gasteiger partial charge on any atom is 0.303 e. The Hall–Kier alpha value is -1.39. The van der Waals surface area contributed by atoms with Crippen LogP contribution in [0.15, 0.2) is 0 Å². The van der Waals surface area contributed by atoms with Crippen molar-refractivity contribution >= 4 is 17.8 Å². The van der Waals surface area contributed by atoms with Gasteiger partial charge in [0.15, 0.2) is 0 Å². The molecule has 5 heteroatoms. The van der Waals surface area contributed by atoms with Gasteiger partial charge >= 0.3 is 5.97 Å². The van der Waals surface area contributed by atoms with Gasteiger partial charge in [0.2, 0.25) is 11.8 Å². The van der Waals surface area contributed by atoms with Crippen molar-refractivity contribution < 1.29 is 19.5 Å². The van der Waals surface area contributed by atoms with Crippen LogP contribution >= 0.6 is 0 Å². The highest BCUT2D eigenvalue weighted by atomic mass is 16.4. The lowest BCUT2D eigenvalue weighted by Crippen LogP contribution is -2.32. The maximum atomic E-state index is 11.4. The minimum Gasteiger partial charge on any atom is -0.481 e. The summed E-state index contributed by atoms with van der Waals surface area (Å²) >= 11 is 0. The Labute approximate surface area is 101 Å². The summed E-state index contributed by atoms with van der Waals surface area (Å²) in [5.74, 6) is -1.03. The predicted molar refractivity (Wildman–Crippen MR) is 61.2 cm³/mol. The molecule has 1 saturated heterocycles. The monoisotopic (exact) mass is 241 g/mol. The first-order chi connectivity index (χ1) is 7.82. The molecule has 1 rings (SSSR count). The van der Waals surface area contributed by atoms with Crippen molar-refractivity contribution in [1.29, 1.82) is 0 Å². The van der Waals surface area contributed by atoms with Gasteiger partial charge in [-0.25, -0.2) is 0 Å². The van der Waals surface area contributed by atoms with Gasteiger partial charge in [-0.1, -0.05) is 13.8 Å². The van der Waals surface area contributed by atoms with Crippen molar-refractivity contribution in [3.05, 3.63) is 0 Å². The van der Waals surface area contributed by atoms with Crippen molar-refractivity contribution in [3.63, 3.8) is 0 Å². The molecule has 0 bridgehead atoms. The first kappa shape index (κ1) is 13.7. The normalized spacial score (nSPS) is 16.7. The fraction of sp³-hybridized carbons (Fsp3) is 0.750. The van der Waals surface area contributed by atoms with E-state index in [2.05, 4.69) is 0 Å².